The van der Waals surface area contributed by atoms with Crippen LogP contribution in [0.15, 0.2) is 36.5 Å². The lowest BCUT2D eigenvalue weighted by Crippen LogP contribution is -2.05. The van der Waals surface area contributed by atoms with Crippen LogP contribution in [0, 0.1) is 0 Å². The smallest absolute Gasteiger partial charge is 0.132 e. The Hall–Kier alpha value is -1.81. The predicted octanol–water partition coefficient (Wildman–Crippen LogP) is 2.93. The number of benzene rings is 1. The summed E-state index contributed by atoms with van der Waals surface area (Å²) in [7, 11) is 0. The van der Waals surface area contributed by atoms with Gasteiger partial charge in [-0.25, -0.2) is 0 Å². The van der Waals surface area contributed by atoms with Crippen molar-refractivity contribution >= 4 is 0 Å². The Bertz CT molecular complexity index is 522. The van der Waals surface area contributed by atoms with Gasteiger partial charge in [0.05, 0.1) is 12.3 Å². The van der Waals surface area contributed by atoms with Crippen LogP contribution < -0.4 is 4.74 Å². The van der Waals surface area contributed by atoms with Gasteiger partial charge in [-0.2, -0.15) is 5.10 Å². The molecule has 0 saturated heterocycles. The minimum atomic E-state index is 0.0276. The number of aliphatic hydroxyl groups is 1. The van der Waals surface area contributed by atoms with Crippen LogP contribution in [-0.4, -0.2) is 14.9 Å². The minimum Gasteiger partial charge on any atom is -0.487 e. The second-order valence-electron chi connectivity index (χ2n) is 4.64. The lowest BCUT2D eigenvalue weighted by Gasteiger charge is -2.08. The van der Waals surface area contributed by atoms with Crippen molar-refractivity contribution < 1.29 is 9.84 Å². The summed E-state index contributed by atoms with van der Waals surface area (Å²) in [5.74, 6) is 0.754. The van der Waals surface area contributed by atoms with E-state index < -0.39 is 0 Å². The molecule has 0 radical (unpaired) electrons. The third-order valence-electron chi connectivity index (χ3n) is 3.17. The molecule has 0 aliphatic carbocycles. The number of nitrogens with zero attached hydrogens (tertiary/aromatic N) is 2. The van der Waals surface area contributed by atoms with Gasteiger partial charge in [-0.05, 0) is 37.1 Å². The minimum absolute atomic E-state index is 0.0276. The molecule has 0 bridgehead atoms. The van der Waals surface area contributed by atoms with Crippen molar-refractivity contribution in [3.05, 3.63) is 47.8 Å². The first kappa shape index (κ1) is 13.6. The van der Waals surface area contributed by atoms with Crippen LogP contribution in [0.1, 0.15) is 37.6 Å². The normalized spacial score (nSPS) is 12.4. The second-order valence-corrected chi connectivity index (χ2v) is 4.64. The lowest BCUT2D eigenvalue weighted by molar-refractivity contribution is 0.277. The Labute approximate surface area is 113 Å². The van der Waals surface area contributed by atoms with E-state index in [1.807, 2.05) is 41.2 Å². The molecule has 2 rings (SSSR count). The van der Waals surface area contributed by atoms with Crippen LogP contribution in [0.5, 0.6) is 5.75 Å². The summed E-state index contributed by atoms with van der Waals surface area (Å²) >= 11 is 0. The summed E-state index contributed by atoms with van der Waals surface area (Å²) < 4.78 is 7.64. The van der Waals surface area contributed by atoms with Gasteiger partial charge < -0.3 is 9.84 Å². The number of aromatic nitrogens is 2. The lowest BCUT2D eigenvalue weighted by atomic mass is 10.2. The molecular formula is C15H20N2O2. The van der Waals surface area contributed by atoms with Crippen molar-refractivity contribution in [3.63, 3.8) is 0 Å². The third-order valence-corrected chi connectivity index (χ3v) is 3.17. The molecule has 1 N–H and O–H groups in total. The Kier molecular flexibility index (Phi) is 4.58. The molecule has 0 amide bonds. The number of aliphatic hydroxyl groups excluding tert-OH is 1. The molecule has 0 saturated carbocycles. The van der Waals surface area contributed by atoms with Gasteiger partial charge in [0.2, 0.25) is 0 Å². The van der Waals surface area contributed by atoms with Crippen LogP contribution in [0.25, 0.3) is 0 Å². The Morgan fingerprint density at radius 2 is 2.21 bits per heavy atom. The van der Waals surface area contributed by atoms with Crippen LogP contribution >= 0.6 is 0 Å². The SMILES string of the molecule is CCC(C)n1ccc(COc2cccc(CO)c2)n1. The second kappa shape index (κ2) is 6.38. The van der Waals surface area contributed by atoms with Crippen molar-refractivity contribution in [3.8, 4) is 5.75 Å². The molecular weight excluding hydrogens is 240 g/mol. The Morgan fingerprint density at radius 3 is 2.95 bits per heavy atom. The van der Waals surface area contributed by atoms with Crippen LogP contribution in [0.3, 0.4) is 0 Å². The fraction of sp³-hybridized carbons (Fsp3) is 0.400. The van der Waals surface area contributed by atoms with E-state index in [-0.39, 0.29) is 6.61 Å². The standard InChI is InChI=1S/C15H20N2O2/c1-3-12(2)17-8-7-14(16-17)11-19-15-6-4-5-13(9-15)10-18/h4-9,12,18H,3,10-11H2,1-2H3. The molecule has 1 atom stereocenters. The molecule has 102 valence electrons. The summed E-state index contributed by atoms with van der Waals surface area (Å²) in [5.41, 5.74) is 1.76. The molecule has 1 heterocycles. The topological polar surface area (TPSA) is 47.3 Å². The van der Waals surface area contributed by atoms with E-state index in [0.717, 1.165) is 23.4 Å². The summed E-state index contributed by atoms with van der Waals surface area (Å²) in [6, 6.07) is 9.84. The van der Waals surface area contributed by atoms with Gasteiger partial charge in [-0.15, -0.1) is 0 Å². The highest BCUT2D eigenvalue weighted by atomic mass is 16.5. The van der Waals surface area contributed by atoms with Crippen LogP contribution in [-0.2, 0) is 13.2 Å². The maximum Gasteiger partial charge on any atom is 0.132 e. The number of hydrogen-bond acceptors (Lipinski definition) is 3. The van der Waals surface area contributed by atoms with Gasteiger partial charge in [0.1, 0.15) is 12.4 Å². The number of ether oxygens (including phenoxy) is 1. The van der Waals surface area contributed by atoms with E-state index in [1.165, 1.54) is 0 Å². The molecule has 0 fully saturated rings. The fourth-order valence-electron chi connectivity index (χ4n) is 1.78. The highest BCUT2D eigenvalue weighted by molar-refractivity contribution is 5.28. The van der Waals surface area contributed by atoms with Gasteiger partial charge in [-0.1, -0.05) is 19.1 Å². The van der Waals surface area contributed by atoms with E-state index in [2.05, 4.69) is 18.9 Å². The monoisotopic (exact) mass is 260 g/mol. The molecule has 0 spiro atoms. The first-order chi connectivity index (χ1) is 9.22. The Balaban J connectivity index is 1.96. The number of rotatable bonds is 6. The van der Waals surface area contributed by atoms with E-state index in [1.54, 1.807) is 0 Å². The quantitative estimate of drug-likeness (QED) is 0.868. The average molecular weight is 260 g/mol. The zero-order valence-corrected chi connectivity index (χ0v) is 11.4. The van der Waals surface area contributed by atoms with E-state index in [9.17, 15) is 0 Å². The molecule has 1 aromatic heterocycles. The number of hydrogen-bond donors (Lipinski definition) is 1. The van der Waals surface area contributed by atoms with Crippen molar-refractivity contribution in [1.29, 1.82) is 0 Å². The van der Waals surface area contributed by atoms with Crippen LogP contribution in [0.4, 0.5) is 0 Å². The summed E-state index contributed by atoms with van der Waals surface area (Å²) in [6.45, 7) is 4.75. The summed E-state index contributed by atoms with van der Waals surface area (Å²) in [5, 5.41) is 13.5. The summed E-state index contributed by atoms with van der Waals surface area (Å²) in [4.78, 5) is 0. The zero-order chi connectivity index (χ0) is 13.7. The third kappa shape index (κ3) is 3.58. The predicted molar refractivity (Wildman–Crippen MR) is 73.9 cm³/mol. The van der Waals surface area contributed by atoms with Crippen molar-refractivity contribution in [2.75, 3.05) is 0 Å². The van der Waals surface area contributed by atoms with Gasteiger partial charge in [-0.3, -0.25) is 4.68 Å². The van der Waals surface area contributed by atoms with Crippen molar-refractivity contribution in [2.45, 2.75) is 39.5 Å². The van der Waals surface area contributed by atoms with Crippen LogP contribution in [0.2, 0.25) is 0 Å². The molecule has 19 heavy (non-hydrogen) atoms. The molecule has 2 aromatic rings. The Morgan fingerprint density at radius 1 is 1.37 bits per heavy atom. The van der Waals surface area contributed by atoms with Crippen molar-refractivity contribution in [2.24, 2.45) is 0 Å². The molecule has 0 aliphatic rings. The van der Waals surface area contributed by atoms with E-state index in [4.69, 9.17) is 9.84 Å². The highest BCUT2D eigenvalue weighted by Crippen LogP contribution is 2.15. The molecule has 1 unspecified atom stereocenters. The van der Waals surface area contributed by atoms with E-state index >= 15 is 0 Å². The largest absolute Gasteiger partial charge is 0.487 e. The van der Waals surface area contributed by atoms with Gasteiger partial charge in [0, 0.05) is 12.2 Å². The molecule has 1 aromatic carbocycles. The first-order valence-corrected chi connectivity index (χ1v) is 6.59. The van der Waals surface area contributed by atoms with E-state index in [0.29, 0.717) is 12.6 Å². The fourth-order valence-corrected chi connectivity index (χ4v) is 1.78. The molecule has 4 heteroatoms. The first-order valence-electron chi connectivity index (χ1n) is 6.59. The van der Waals surface area contributed by atoms with Gasteiger partial charge in [0.15, 0.2) is 0 Å². The maximum absolute atomic E-state index is 9.07. The maximum atomic E-state index is 9.07. The molecule has 4 nitrogen and oxygen atoms in total. The van der Waals surface area contributed by atoms with Crippen molar-refractivity contribution in [1.82, 2.24) is 9.78 Å². The molecule has 0 aliphatic heterocycles. The van der Waals surface area contributed by atoms with Gasteiger partial charge >= 0.3 is 0 Å². The average Bonchev–Trinajstić information content (AvgIpc) is 2.93. The van der Waals surface area contributed by atoms with Gasteiger partial charge in [0.25, 0.3) is 0 Å². The summed E-state index contributed by atoms with van der Waals surface area (Å²) in [6.07, 6.45) is 3.04. The highest BCUT2D eigenvalue weighted by Gasteiger charge is 2.05. The zero-order valence-electron chi connectivity index (χ0n) is 11.4.